The van der Waals surface area contributed by atoms with Crippen molar-refractivity contribution in [1.82, 2.24) is 34.6 Å². The molecule has 138 valence electrons. The minimum Gasteiger partial charge on any atom is -0.338 e. The lowest BCUT2D eigenvalue weighted by Gasteiger charge is -2.21. The van der Waals surface area contributed by atoms with Gasteiger partial charge in [-0.15, -0.1) is 10.2 Å². The summed E-state index contributed by atoms with van der Waals surface area (Å²) in [6, 6.07) is 2.44. The van der Waals surface area contributed by atoms with Crippen LogP contribution in [-0.2, 0) is 6.54 Å². The molecule has 3 aromatic rings. The molecule has 0 spiro atoms. The van der Waals surface area contributed by atoms with Crippen molar-refractivity contribution in [2.45, 2.75) is 59.0 Å². The summed E-state index contributed by atoms with van der Waals surface area (Å²) in [7, 11) is 0. The van der Waals surface area contributed by atoms with Gasteiger partial charge in [-0.05, 0) is 44.9 Å². The summed E-state index contributed by atoms with van der Waals surface area (Å²) < 4.78 is 9.60. The first kappa shape index (κ1) is 17.0. The van der Waals surface area contributed by atoms with E-state index in [0.717, 1.165) is 43.3 Å². The highest BCUT2D eigenvalue weighted by Crippen LogP contribution is 2.33. The molecule has 1 aliphatic heterocycles. The Morgan fingerprint density at radius 3 is 2.69 bits per heavy atom. The molecule has 4 rings (SSSR count). The summed E-state index contributed by atoms with van der Waals surface area (Å²) in [5.41, 5.74) is 3.65. The van der Waals surface area contributed by atoms with Crippen molar-refractivity contribution in [2.75, 3.05) is 6.54 Å². The van der Waals surface area contributed by atoms with Gasteiger partial charge < -0.3 is 4.52 Å². The maximum atomic E-state index is 5.57. The van der Waals surface area contributed by atoms with Crippen molar-refractivity contribution in [3.63, 3.8) is 0 Å². The molecule has 0 amide bonds. The van der Waals surface area contributed by atoms with Crippen LogP contribution in [0.3, 0.4) is 0 Å². The average Bonchev–Trinajstić information content (AvgIpc) is 3.36. The topological polar surface area (TPSA) is 77.8 Å². The molecular weight excluding hydrogens is 330 g/mol. The van der Waals surface area contributed by atoms with Gasteiger partial charge in [-0.3, -0.25) is 9.58 Å². The first-order chi connectivity index (χ1) is 12.5. The maximum absolute atomic E-state index is 5.57. The predicted octanol–water partition coefficient (Wildman–Crippen LogP) is 2.85. The van der Waals surface area contributed by atoms with E-state index >= 15 is 0 Å². The Balaban J connectivity index is 1.57. The van der Waals surface area contributed by atoms with Crippen LogP contribution in [0.4, 0.5) is 0 Å². The second-order valence-electron chi connectivity index (χ2n) is 7.32. The smallest absolute Gasteiger partial charge is 0.244 e. The third kappa shape index (κ3) is 2.94. The second kappa shape index (κ2) is 6.68. The molecule has 0 aromatic carbocycles. The Kier molecular flexibility index (Phi) is 4.36. The molecule has 8 heteroatoms. The van der Waals surface area contributed by atoms with Crippen molar-refractivity contribution in [1.29, 1.82) is 0 Å². The maximum Gasteiger partial charge on any atom is 0.244 e. The molecule has 1 aliphatic rings. The summed E-state index contributed by atoms with van der Waals surface area (Å²) in [5.74, 6) is 1.82. The van der Waals surface area contributed by atoms with E-state index in [-0.39, 0.29) is 12.0 Å². The first-order valence-electron chi connectivity index (χ1n) is 9.15. The molecule has 0 saturated carbocycles. The van der Waals surface area contributed by atoms with Gasteiger partial charge in [0.25, 0.3) is 0 Å². The SMILES string of the molecule is Cc1cc(CN2CCC[C@@H]2c2nc(C(C)C)no2)c(C)n1-n1cnnc1. The number of nitrogens with zero attached hydrogens (tertiary/aromatic N) is 7. The second-order valence-corrected chi connectivity index (χ2v) is 7.32. The van der Waals surface area contributed by atoms with Crippen LogP contribution in [0.2, 0.25) is 0 Å². The molecule has 0 aliphatic carbocycles. The van der Waals surface area contributed by atoms with E-state index in [2.05, 4.69) is 63.7 Å². The normalized spacial score (nSPS) is 18.3. The third-order valence-corrected chi connectivity index (χ3v) is 5.13. The lowest BCUT2D eigenvalue weighted by Crippen LogP contribution is -2.23. The summed E-state index contributed by atoms with van der Waals surface area (Å²) in [6.45, 7) is 10.3. The fourth-order valence-corrected chi connectivity index (χ4v) is 3.76. The van der Waals surface area contributed by atoms with Gasteiger partial charge in [0.2, 0.25) is 5.89 Å². The van der Waals surface area contributed by atoms with E-state index < -0.39 is 0 Å². The van der Waals surface area contributed by atoms with Crippen molar-refractivity contribution in [3.8, 4) is 0 Å². The summed E-state index contributed by atoms with van der Waals surface area (Å²) >= 11 is 0. The van der Waals surface area contributed by atoms with Crippen LogP contribution >= 0.6 is 0 Å². The van der Waals surface area contributed by atoms with E-state index in [1.54, 1.807) is 12.7 Å². The van der Waals surface area contributed by atoms with Crippen molar-refractivity contribution < 1.29 is 4.52 Å². The average molecular weight is 355 g/mol. The van der Waals surface area contributed by atoms with Gasteiger partial charge in [-0.25, -0.2) is 4.68 Å². The molecule has 0 unspecified atom stereocenters. The van der Waals surface area contributed by atoms with Gasteiger partial charge in [0.15, 0.2) is 5.82 Å². The molecule has 0 bridgehead atoms. The predicted molar refractivity (Wildman–Crippen MR) is 95.5 cm³/mol. The highest BCUT2D eigenvalue weighted by Gasteiger charge is 2.31. The van der Waals surface area contributed by atoms with E-state index in [4.69, 9.17) is 4.52 Å². The standard InChI is InChI=1S/C18H25N7O/c1-12(2)17-21-18(26-22-17)16-6-5-7-23(16)9-15-8-13(3)25(14(15)4)24-10-19-20-11-24/h8,10-12,16H,5-7,9H2,1-4H3/t16-/m1/s1. The fraction of sp³-hybridized carbons (Fsp3) is 0.556. The third-order valence-electron chi connectivity index (χ3n) is 5.13. The molecule has 3 aromatic heterocycles. The summed E-state index contributed by atoms with van der Waals surface area (Å²) in [5, 5.41) is 12.0. The molecular formula is C18H25N7O. The summed E-state index contributed by atoms with van der Waals surface area (Å²) in [4.78, 5) is 7.06. The van der Waals surface area contributed by atoms with E-state index in [9.17, 15) is 0 Å². The molecule has 0 radical (unpaired) electrons. The molecule has 1 fully saturated rings. The van der Waals surface area contributed by atoms with Gasteiger partial charge in [0, 0.05) is 23.9 Å². The van der Waals surface area contributed by atoms with Gasteiger partial charge >= 0.3 is 0 Å². The van der Waals surface area contributed by atoms with Crippen LogP contribution in [0.5, 0.6) is 0 Å². The Hall–Kier alpha value is -2.48. The highest BCUT2D eigenvalue weighted by atomic mass is 16.5. The van der Waals surface area contributed by atoms with Gasteiger partial charge in [-0.2, -0.15) is 4.98 Å². The van der Waals surface area contributed by atoms with Crippen LogP contribution in [-0.4, -0.2) is 41.1 Å². The minimum atomic E-state index is 0.202. The zero-order chi connectivity index (χ0) is 18.3. The number of hydrogen-bond donors (Lipinski definition) is 0. The van der Waals surface area contributed by atoms with Crippen LogP contribution in [0.25, 0.3) is 0 Å². The van der Waals surface area contributed by atoms with Crippen LogP contribution in [0.15, 0.2) is 23.2 Å². The molecule has 1 saturated heterocycles. The highest BCUT2D eigenvalue weighted by molar-refractivity contribution is 5.27. The fourth-order valence-electron chi connectivity index (χ4n) is 3.76. The Morgan fingerprint density at radius 2 is 2.00 bits per heavy atom. The van der Waals surface area contributed by atoms with Crippen LogP contribution < -0.4 is 0 Å². The summed E-state index contributed by atoms with van der Waals surface area (Å²) in [6.07, 6.45) is 5.64. The van der Waals surface area contributed by atoms with Crippen molar-refractivity contribution in [2.24, 2.45) is 0 Å². The van der Waals surface area contributed by atoms with E-state index in [1.165, 1.54) is 11.3 Å². The number of likely N-dealkylation sites (tertiary alicyclic amines) is 1. The van der Waals surface area contributed by atoms with Crippen molar-refractivity contribution in [3.05, 3.63) is 47.4 Å². The van der Waals surface area contributed by atoms with Crippen molar-refractivity contribution >= 4 is 0 Å². The van der Waals surface area contributed by atoms with Crippen LogP contribution in [0.1, 0.15) is 67.3 Å². The molecule has 4 heterocycles. The largest absolute Gasteiger partial charge is 0.338 e. The monoisotopic (exact) mass is 355 g/mol. The molecule has 1 atom stereocenters. The number of aromatic nitrogens is 6. The number of aryl methyl sites for hydroxylation is 1. The zero-order valence-electron chi connectivity index (χ0n) is 15.8. The molecule has 26 heavy (non-hydrogen) atoms. The Labute approximate surface area is 152 Å². The van der Waals surface area contributed by atoms with Gasteiger partial charge in [0.1, 0.15) is 12.7 Å². The lowest BCUT2D eigenvalue weighted by molar-refractivity contribution is 0.200. The minimum absolute atomic E-state index is 0.202. The lowest BCUT2D eigenvalue weighted by atomic mass is 10.2. The Morgan fingerprint density at radius 1 is 1.23 bits per heavy atom. The molecule has 8 nitrogen and oxygen atoms in total. The number of rotatable bonds is 5. The molecule has 0 N–H and O–H groups in total. The van der Waals surface area contributed by atoms with E-state index in [0.29, 0.717) is 0 Å². The Bertz CT molecular complexity index is 878. The number of hydrogen-bond acceptors (Lipinski definition) is 6. The van der Waals surface area contributed by atoms with Gasteiger partial charge in [0.05, 0.1) is 6.04 Å². The first-order valence-corrected chi connectivity index (χ1v) is 9.15. The van der Waals surface area contributed by atoms with Crippen LogP contribution in [0, 0.1) is 13.8 Å². The van der Waals surface area contributed by atoms with Gasteiger partial charge in [-0.1, -0.05) is 19.0 Å². The zero-order valence-corrected chi connectivity index (χ0v) is 15.8. The van der Waals surface area contributed by atoms with E-state index in [1.807, 2.05) is 4.68 Å². The quantitative estimate of drug-likeness (QED) is 0.700.